The van der Waals surface area contributed by atoms with Gasteiger partial charge in [0, 0.05) is 11.8 Å². The fourth-order valence-electron chi connectivity index (χ4n) is 0.737. The first-order valence-corrected chi connectivity index (χ1v) is 4.57. The van der Waals surface area contributed by atoms with E-state index in [0.717, 1.165) is 0 Å². The van der Waals surface area contributed by atoms with E-state index in [1.807, 2.05) is 0 Å². The summed E-state index contributed by atoms with van der Waals surface area (Å²) in [6, 6.07) is 4.05. The number of hydrogen-bond acceptors (Lipinski definition) is 5. The maximum absolute atomic E-state index is 10.3. The molecule has 0 aliphatic heterocycles. The van der Waals surface area contributed by atoms with Crippen molar-refractivity contribution in [2.24, 2.45) is 0 Å². The summed E-state index contributed by atoms with van der Waals surface area (Å²) in [6.07, 6.45) is 0. The predicted molar refractivity (Wildman–Crippen MR) is 47.4 cm³/mol. The van der Waals surface area contributed by atoms with Gasteiger partial charge in [0.1, 0.15) is 0 Å². The molecule has 0 saturated carbocycles. The van der Waals surface area contributed by atoms with Crippen LogP contribution in [0.1, 0.15) is 0 Å². The zero-order valence-electron chi connectivity index (χ0n) is 6.47. The molecule has 0 aliphatic carbocycles. The van der Waals surface area contributed by atoms with E-state index in [4.69, 9.17) is 16.0 Å². The summed E-state index contributed by atoms with van der Waals surface area (Å²) in [5.74, 6) is -0.192. The zero-order chi connectivity index (χ0) is 10.1. The third-order valence-electron chi connectivity index (χ3n) is 1.23. The topological polar surface area (TPSA) is 116 Å². The zero-order valence-corrected chi connectivity index (χ0v) is 7.28. The van der Waals surface area contributed by atoms with E-state index >= 15 is 0 Å². The number of hydrogen-bond donors (Lipinski definition) is 3. The summed E-state index contributed by atoms with van der Waals surface area (Å²) >= 11 is 0. The first-order chi connectivity index (χ1) is 5.88. The molecule has 0 fully saturated rings. The van der Waals surface area contributed by atoms with Crippen LogP contribution in [0.3, 0.4) is 0 Å². The summed E-state index contributed by atoms with van der Waals surface area (Å²) in [5, 5.41) is 0. The fourth-order valence-corrected chi connectivity index (χ4v) is 1.11. The molecule has 1 aromatic carbocycles. The molecule has 0 unspecified atom stereocenters. The average molecular weight is 204 g/mol. The van der Waals surface area contributed by atoms with Crippen molar-refractivity contribution in [3.05, 3.63) is 18.2 Å². The lowest BCUT2D eigenvalue weighted by Gasteiger charge is -2.04. The minimum Gasteiger partial charge on any atom is -0.399 e. The van der Waals surface area contributed by atoms with E-state index in [9.17, 15) is 8.42 Å². The Labute approximate surface area is 75.1 Å². The predicted octanol–water partition coefficient (Wildman–Crippen LogP) is 0.0326. The lowest BCUT2D eigenvalue weighted by atomic mass is 10.3. The molecule has 13 heavy (non-hydrogen) atoms. The van der Waals surface area contributed by atoms with Crippen LogP contribution in [0.25, 0.3) is 0 Å². The Morgan fingerprint density at radius 3 is 2.46 bits per heavy atom. The highest BCUT2D eigenvalue weighted by Crippen LogP contribution is 2.24. The molecule has 1 rings (SSSR count). The van der Waals surface area contributed by atoms with E-state index in [0.29, 0.717) is 0 Å². The van der Waals surface area contributed by atoms with Crippen LogP contribution in [-0.2, 0) is 10.4 Å². The molecule has 5 N–H and O–H groups in total. The van der Waals surface area contributed by atoms with Gasteiger partial charge in [0.25, 0.3) is 0 Å². The van der Waals surface area contributed by atoms with Gasteiger partial charge in [0.15, 0.2) is 5.75 Å². The van der Waals surface area contributed by atoms with Crippen LogP contribution in [0.15, 0.2) is 18.2 Å². The standard InChI is InChI=1S/C6H8N2O4S/c7-4-1-2-5(8)6(3-4)12-13(9,10)11/h1-3H,7-8H2,(H,9,10,11). The highest BCUT2D eigenvalue weighted by atomic mass is 32.3. The van der Waals surface area contributed by atoms with Gasteiger partial charge in [0.05, 0.1) is 5.69 Å². The van der Waals surface area contributed by atoms with E-state index in [2.05, 4.69) is 4.18 Å². The largest absolute Gasteiger partial charge is 0.446 e. The summed E-state index contributed by atoms with van der Waals surface area (Å²) in [4.78, 5) is 0. The van der Waals surface area contributed by atoms with Crippen molar-refractivity contribution >= 4 is 21.8 Å². The van der Waals surface area contributed by atoms with Crippen LogP contribution in [0.4, 0.5) is 11.4 Å². The molecule has 6 nitrogen and oxygen atoms in total. The van der Waals surface area contributed by atoms with Gasteiger partial charge in [-0.2, -0.15) is 8.42 Å². The average Bonchev–Trinajstić information content (AvgIpc) is 1.94. The molecule has 0 atom stereocenters. The molecule has 0 bridgehead atoms. The lowest BCUT2D eigenvalue weighted by molar-refractivity contribution is 0.387. The van der Waals surface area contributed by atoms with Crippen molar-refractivity contribution in [1.82, 2.24) is 0 Å². The van der Waals surface area contributed by atoms with E-state index in [1.165, 1.54) is 18.2 Å². The second-order valence-corrected chi connectivity index (χ2v) is 3.33. The van der Waals surface area contributed by atoms with Gasteiger partial charge in [-0.25, -0.2) is 0 Å². The summed E-state index contributed by atoms with van der Waals surface area (Å²) in [5.41, 5.74) is 11.0. The molecular weight excluding hydrogens is 196 g/mol. The van der Waals surface area contributed by atoms with Gasteiger partial charge in [-0.1, -0.05) is 0 Å². The highest BCUT2D eigenvalue weighted by Gasteiger charge is 2.09. The van der Waals surface area contributed by atoms with Crippen LogP contribution in [-0.4, -0.2) is 13.0 Å². The molecule has 0 aliphatic rings. The molecule has 0 radical (unpaired) electrons. The van der Waals surface area contributed by atoms with Gasteiger partial charge in [-0.15, -0.1) is 0 Å². The summed E-state index contributed by atoms with van der Waals surface area (Å²) in [6.45, 7) is 0. The molecular formula is C6H8N2O4S. The first-order valence-electron chi connectivity index (χ1n) is 3.20. The van der Waals surface area contributed by atoms with Gasteiger partial charge in [0.2, 0.25) is 0 Å². The molecule has 0 aromatic heterocycles. The van der Waals surface area contributed by atoms with Crippen LogP contribution in [0.2, 0.25) is 0 Å². The molecule has 0 heterocycles. The van der Waals surface area contributed by atoms with Gasteiger partial charge >= 0.3 is 10.4 Å². The van der Waals surface area contributed by atoms with E-state index in [1.54, 1.807) is 0 Å². The number of nitrogen functional groups attached to an aromatic ring is 2. The molecule has 72 valence electrons. The van der Waals surface area contributed by atoms with Crippen LogP contribution in [0.5, 0.6) is 5.75 Å². The molecule has 0 spiro atoms. The van der Waals surface area contributed by atoms with Gasteiger partial charge < -0.3 is 15.7 Å². The van der Waals surface area contributed by atoms with Crippen molar-refractivity contribution in [2.45, 2.75) is 0 Å². The van der Waals surface area contributed by atoms with Crippen LogP contribution < -0.4 is 15.7 Å². The molecule has 0 amide bonds. The van der Waals surface area contributed by atoms with Gasteiger partial charge in [-0.3, -0.25) is 4.55 Å². The third kappa shape index (κ3) is 2.80. The normalized spacial score (nSPS) is 11.2. The summed E-state index contributed by atoms with van der Waals surface area (Å²) < 4.78 is 33.1. The van der Waals surface area contributed by atoms with E-state index < -0.39 is 10.4 Å². The number of benzene rings is 1. The smallest absolute Gasteiger partial charge is 0.399 e. The second kappa shape index (κ2) is 3.11. The number of rotatable bonds is 2. The van der Waals surface area contributed by atoms with Crippen LogP contribution in [0, 0.1) is 0 Å². The lowest BCUT2D eigenvalue weighted by Crippen LogP contribution is -2.08. The maximum atomic E-state index is 10.3. The third-order valence-corrected chi connectivity index (χ3v) is 1.62. The Bertz CT molecular complexity index is 415. The highest BCUT2D eigenvalue weighted by molar-refractivity contribution is 7.81. The molecule has 1 aromatic rings. The fraction of sp³-hybridized carbons (Fsp3) is 0. The van der Waals surface area contributed by atoms with Gasteiger partial charge in [-0.05, 0) is 12.1 Å². The Balaban J connectivity index is 3.08. The molecule has 0 saturated heterocycles. The quantitative estimate of drug-likeness (QED) is 0.462. The van der Waals surface area contributed by atoms with E-state index in [-0.39, 0.29) is 17.1 Å². The first kappa shape index (κ1) is 9.62. The second-order valence-electron chi connectivity index (χ2n) is 2.31. The maximum Gasteiger partial charge on any atom is 0.446 e. The Kier molecular flexibility index (Phi) is 2.30. The SMILES string of the molecule is Nc1ccc(N)c(OS(=O)(=O)O)c1. The van der Waals surface area contributed by atoms with Crippen molar-refractivity contribution in [3.8, 4) is 5.75 Å². The monoisotopic (exact) mass is 204 g/mol. The minimum absolute atomic E-state index is 0.0758. The number of anilines is 2. The van der Waals surface area contributed by atoms with Crippen LogP contribution >= 0.6 is 0 Å². The Hall–Kier alpha value is -1.47. The van der Waals surface area contributed by atoms with Crippen molar-refractivity contribution < 1.29 is 17.2 Å². The molecule has 7 heteroatoms. The minimum atomic E-state index is -4.55. The Morgan fingerprint density at radius 2 is 1.92 bits per heavy atom. The summed E-state index contributed by atoms with van der Waals surface area (Å²) in [7, 11) is -4.55. The van der Waals surface area contributed by atoms with Crippen molar-refractivity contribution in [3.63, 3.8) is 0 Å². The Morgan fingerprint density at radius 1 is 1.31 bits per heavy atom. The van der Waals surface area contributed by atoms with Crippen molar-refractivity contribution in [2.75, 3.05) is 11.5 Å². The van der Waals surface area contributed by atoms with Crippen molar-refractivity contribution in [1.29, 1.82) is 0 Å². The number of nitrogens with two attached hydrogens (primary N) is 2.